The quantitative estimate of drug-likeness (QED) is 0.601. The third-order valence-electron chi connectivity index (χ3n) is 5.64. The molecule has 3 aromatic carbocycles. The zero-order valence-electron chi connectivity index (χ0n) is 18.1. The van der Waals surface area contributed by atoms with Gasteiger partial charge in [-0.25, -0.2) is 8.42 Å². The van der Waals surface area contributed by atoms with Crippen molar-refractivity contribution < 1.29 is 13.2 Å². The average molecular weight is 448 g/mol. The second kappa shape index (κ2) is 9.03. The Labute approximate surface area is 189 Å². The number of hydrogen-bond donors (Lipinski definition) is 1. The van der Waals surface area contributed by atoms with E-state index >= 15 is 0 Å². The Kier molecular flexibility index (Phi) is 6.17. The van der Waals surface area contributed by atoms with E-state index in [0.717, 1.165) is 39.4 Å². The summed E-state index contributed by atoms with van der Waals surface area (Å²) in [6.45, 7) is 3.30. The zero-order valence-corrected chi connectivity index (χ0v) is 18.9. The topological polar surface area (TPSA) is 82.4 Å². The molecule has 32 heavy (non-hydrogen) atoms. The molecular weight excluding hydrogens is 422 g/mol. The highest BCUT2D eigenvalue weighted by Gasteiger charge is 2.24. The van der Waals surface area contributed by atoms with Gasteiger partial charge in [0, 0.05) is 30.5 Å². The van der Waals surface area contributed by atoms with Gasteiger partial charge in [-0.05, 0) is 59.9 Å². The summed E-state index contributed by atoms with van der Waals surface area (Å²) in [7, 11) is -3.20. The Hall–Kier alpha value is -3.34. The molecule has 0 aliphatic carbocycles. The van der Waals surface area contributed by atoms with E-state index in [1.165, 1.54) is 10.6 Å². The van der Waals surface area contributed by atoms with Crippen LogP contribution in [0.2, 0.25) is 0 Å². The normalized spacial score (nSPS) is 13.8. The third-order valence-corrected chi connectivity index (χ3v) is 6.89. The predicted octanol–water partition coefficient (Wildman–Crippen LogP) is 4.51. The molecule has 1 N–H and O–H groups in total. The van der Waals surface area contributed by atoms with Crippen molar-refractivity contribution in [1.29, 1.82) is 5.26 Å². The van der Waals surface area contributed by atoms with E-state index in [1.54, 1.807) is 12.1 Å². The molecule has 0 atom stereocenters. The Balaban J connectivity index is 1.50. The van der Waals surface area contributed by atoms with Gasteiger partial charge < -0.3 is 10.1 Å². The maximum absolute atomic E-state index is 11.9. The molecule has 0 saturated carbocycles. The van der Waals surface area contributed by atoms with Gasteiger partial charge in [-0.3, -0.25) is 0 Å². The fraction of sp³-hybridized carbons (Fsp3) is 0.240. The molecule has 0 fully saturated rings. The number of benzene rings is 3. The molecule has 0 bridgehead atoms. The number of nitriles is 1. The maximum Gasteiger partial charge on any atom is 0.211 e. The van der Waals surface area contributed by atoms with Crippen LogP contribution in [-0.2, 0) is 29.6 Å². The molecule has 1 heterocycles. The van der Waals surface area contributed by atoms with Gasteiger partial charge in [-0.1, -0.05) is 30.3 Å². The van der Waals surface area contributed by atoms with Crippen LogP contribution in [0.3, 0.4) is 0 Å². The van der Waals surface area contributed by atoms with Gasteiger partial charge >= 0.3 is 0 Å². The van der Waals surface area contributed by atoms with Gasteiger partial charge in [0.25, 0.3) is 0 Å². The summed E-state index contributed by atoms with van der Waals surface area (Å²) < 4.78 is 31.4. The van der Waals surface area contributed by atoms with Crippen LogP contribution in [0.25, 0.3) is 0 Å². The van der Waals surface area contributed by atoms with Crippen LogP contribution in [0.4, 0.5) is 11.4 Å². The van der Waals surface area contributed by atoms with Crippen LogP contribution in [0.15, 0.2) is 60.7 Å². The first kappa shape index (κ1) is 21.9. The summed E-state index contributed by atoms with van der Waals surface area (Å²) in [6, 6.07) is 21.4. The minimum absolute atomic E-state index is 0.399. The maximum atomic E-state index is 11.9. The summed E-state index contributed by atoms with van der Waals surface area (Å²) in [5, 5.41) is 12.4. The molecule has 1 aliphatic rings. The molecule has 1 aliphatic heterocycles. The summed E-state index contributed by atoms with van der Waals surface area (Å²) in [5.41, 5.74) is 6.71. The Bertz CT molecular complexity index is 1280. The Morgan fingerprint density at radius 1 is 1.12 bits per heavy atom. The number of rotatable bonds is 6. The lowest BCUT2D eigenvalue weighted by atomic mass is 9.99. The van der Waals surface area contributed by atoms with Gasteiger partial charge in [-0.15, -0.1) is 0 Å². The summed E-state index contributed by atoms with van der Waals surface area (Å²) in [6.07, 6.45) is 1.92. The lowest BCUT2D eigenvalue weighted by Gasteiger charge is -2.28. The monoisotopic (exact) mass is 447 g/mol. The van der Waals surface area contributed by atoms with Crippen molar-refractivity contribution in [1.82, 2.24) is 4.31 Å². The average Bonchev–Trinajstić information content (AvgIpc) is 2.79. The van der Waals surface area contributed by atoms with E-state index < -0.39 is 10.0 Å². The first-order valence-electron chi connectivity index (χ1n) is 10.4. The molecule has 7 heteroatoms. The molecule has 0 saturated heterocycles. The third kappa shape index (κ3) is 4.93. The summed E-state index contributed by atoms with van der Waals surface area (Å²) in [5.74, 6) is 0.785. The van der Waals surface area contributed by atoms with Gasteiger partial charge in [-0.2, -0.15) is 9.57 Å². The molecule has 164 valence electrons. The smallest absolute Gasteiger partial charge is 0.211 e. The van der Waals surface area contributed by atoms with Crippen molar-refractivity contribution >= 4 is 21.4 Å². The molecule has 0 unspecified atom stereocenters. The molecule has 0 radical (unpaired) electrons. The van der Waals surface area contributed by atoms with Crippen LogP contribution >= 0.6 is 0 Å². The number of hydrogen-bond acceptors (Lipinski definition) is 5. The van der Waals surface area contributed by atoms with Crippen molar-refractivity contribution in [3.63, 3.8) is 0 Å². The van der Waals surface area contributed by atoms with E-state index in [1.807, 2.05) is 55.5 Å². The number of ether oxygens (including phenoxy) is 1. The lowest BCUT2D eigenvalue weighted by Crippen LogP contribution is -2.35. The van der Waals surface area contributed by atoms with Crippen molar-refractivity contribution in [3.05, 3.63) is 88.5 Å². The number of fused-ring (bicyclic) bond motifs is 1. The highest BCUT2D eigenvalue weighted by molar-refractivity contribution is 7.88. The van der Waals surface area contributed by atoms with E-state index in [0.29, 0.717) is 31.7 Å². The highest BCUT2D eigenvalue weighted by Crippen LogP contribution is 2.31. The summed E-state index contributed by atoms with van der Waals surface area (Å²) in [4.78, 5) is 0. The molecule has 0 amide bonds. The SMILES string of the molecule is Cc1ccc(Nc2cccc3c2CCN(S(C)(=O)=O)C3)cc1OCc1ccc(C#N)cc1. The minimum atomic E-state index is -3.20. The van der Waals surface area contributed by atoms with Crippen LogP contribution in [0, 0.1) is 18.3 Å². The van der Waals surface area contributed by atoms with Crippen molar-refractivity contribution in [2.24, 2.45) is 0 Å². The number of sulfonamides is 1. The first-order chi connectivity index (χ1) is 15.3. The number of nitrogens with one attached hydrogen (secondary N) is 1. The van der Waals surface area contributed by atoms with Crippen molar-refractivity contribution in [2.75, 3.05) is 18.1 Å². The first-order valence-corrected chi connectivity index (χ1v) is 12.2. The Morgan fingerprint density at radius 3 is 2.62 bits per heavy atom. The van der Waals surface area contributed by atoms with Crippen molar-refractivity contribution in [2.45, 2.75) is 26.5 Å². The summed E-state index contributed by atoms with van der Waals surface area (Å²) >= 11 is 0. The number of aryl methyl sites for hydroxylation is 1. The van der Waals surface area contributed by atoms with Crippen molar-refractivity contribution in [3.8, 4) is 11.8 Å². The highest BCUT2D eigenvalue weighted by atomic mass is 32.2. The second-order valence-corrected chi connectivity index (χ2v) is 9.97. The number of nitrogens with zero attached hydrogens (tertiary/aromatic N) is 2. The largest absolute Gasteiger partial charge is 0.489 e. The predicted molar refractivity (Wildman–Crippen MR) is 125 cm³/mol. The van der Waals surface area contributed by atoms with E-state index in [4.69, 9.17) is 10.00 Å². The molecule has 0 spiro atoms. The standard InChI is InChI=1S/C25H25N3O3S/c1-18-6-11-22(14-25(18)31-17-20-9-7-19(15-26)8-10-20)27-24-5-3-4-21-16-28(32(2,29)30)13-12-23(21)24/h3-11,14,27H,12-13,16-17H2,1-2H3. The minimum Gasteiger partial charge on any atom is -0.489 e. The zero-order chi connectivity index (χ0) is 22.7. The van der Waals surface area contributed by atoms with Crippen LogP contribution < -0.4 is 10.1 Å². The number of anilines is 2. The van der Waals surface area contributed by atoms with Crippen LogP contribution in [0.1, 0.15) is 27.8 Å². The molecular formula is C25H25N3O3S. The van der Waals surface area contributed by atoms with Crippen LogP contribution in [-0.4, -0.2) is 25.5 Å². The van der Waals surface area contributed by atoms with Gasteiger partial charge in [0.05, 0.1) is 17.9 Å². The molecule has 4 rings (SSSR count). The van der Waals surface area contributed by atoms with Crippen LogP contribution in [0.5, 0.6) is 5.75 Å². The van der Waals surface area contributed by atoms with Gasteiger partial charge in [0.15, 0.2) is 0 Å². The van der Waals surface area contributed by atoms with E-state index in [-0.39, 0.29) is 0 Å². The Morgan fingerprint density at radius 2 is 1.91 bits per heavy atom. The van der Waals surface area contributed by atoms with E-state index in [2.05, 4.69) is 11.4 Å². The molecule has 6 nitrogen and oxygen atoms in total. The fourth-order valence-corrected chi connectivity index (χ4v) is 4.61. The lowest BCUT2D eigenvalue weighted by molar-refractivity contribution is 0.304. The van der Waals surface area contributed by atoms with E-state index in [9.17, 15) is 8.42 Å². The fourth-order valence-electron chi connectivity index (χ4n) is 3.81. The van der Waals surface area contributed by atoms with Gasteiger partial charge in [0.2, 0.25) is 10.0 Å². The molecule has 3 aromatic rings. The second-order valence-electron chi connectivity index (χ2n) is 7.99. The van der Waals surface area contributed by atoms with Gasteiger partial charge in [0.1, 0.15) is 12.4 Å². The molecule has 0 aromatic heterocycles.